The number of rotatable bonds is 1. The average molecular weight is 234 g/mol. The quantitative estimate of drug-likeness (QED) is 0.703. The highest BCUT2D eigenvalue weighted by Gasteiger charge is 2.10. The van der Waals surface area contributed by atoms with Gasteiger partial charge in [0.1, 0.15) is 11.3 Å². The van der Waals surface area contributed by atoms with Crippen molar-refractivity contribution in [3.63, 3.8) is 0 Å². The zero-order valence-electron chi connectivity index (χ0n) is 7.54. The van der Waals surface area contributed by atoms with E-state index in [2.05, 4.69) is 9.97 Å². The summed E-state index contributed by atoms with van der Waals surface area (Å²) in [5.41, 5.74) is 0.660. The zero-order chi connectivity index (χ0) is 10.3. The fraction of sp³-hybridized carbons (Fsp3) is 0. The van der Waals surface area contributed by atoms with E-state index in [1.807, 2.05) is 17.5 Å². The molecule has 0 saturated carbocycles. The fourth-order valence-corrected chi connectivity index (χ4v) is 3.02. The van der Waals surface area contributed by atoms with Crippen molar-refractivity contribution in [2.24, 2.45) is 0 Å². The molecule has 1 N–H and O–H groups in total. The second-order valence-electron chi connectivity index (χ2n) is 2.98. The van der Waals surface area contributed by atoms with Gasteiger partial charge in [-0.15, -0.1) is 22.7 Å². The first kappa shape index (κ1) is 8.82. The minimum Gasteiger partial charge on any atom is -0.506 e. The number of para-hydroxylation sites is 1. The number of phenols is 1. The Morgan fingerprint density at radius 3 is 2.87 bits per heavy atom. The largest absolute Gasteiger partial charge is 0.506 e. The summed E-state index contributed by atoms with van der Waals surface area (Å²) in [4.78, 5) is 8.57. The predicted octanol–water partition coefficient (Wildman–Crippen LogP) is 3.13. The van der Waals surface area contributed by atoms with Crippen LogP contribution in [0.1, 0.15) is 0 Å². The molecule has 0 unspecified atom stereocenters. The summed E-state index contributed by atoms with van der Waals surface area (Å²) in [5, 5.41) is 13.3. The third-order valence-electron chi connectivity index (χ3n) is 2.01. The van der Waals surface area contributed by atoms with E-state index in [1.54, 1.807) is 34.9 Å². The van der Waals surface area contributed by atoms with Crippen LogP contribution in [0.15, 0.2) is 29.8 Å². The van der Waals surface area contributed by atoms with Crippen molar-refractivity contribution in [1.82, 2.24) is 9.97 Å². The molecule has 2 heterocycles. The van der Waals surface area contributed by atoms with Crippen LogP contribution in [-0.2, 0) is 0 Å². The van der Waals surface area contributed by atoms with Gasteiger partial charge in [-0.05, 0) is 12.1 Å². The first-order chi connectivity index (χ1) is 7.34. The molecule has 5 heteroatoms. The second-order valence-corrected chi connectivity index (χ2v) is 4.91. The summed E-state index contributed by atoms with van der Waals surface area (Å²) in [5.74, 6) is 0.228. The molecule has 0 fully saturated rings. The monoisotopic (exact) mass is 234 g/mol. The number of hydrogen-bond acceptors (Lipinski definition) is 5. The van der Waals surface area contributed by atoms with Crippen LogP contribution < -0.4 is 0 Å². The van der Waals surface area contributed by atoms with Gasteiger partial charge in [0.15, 0.2) is 10.0 Å². The number of thiazole rings is 2. The molecular weight excluding hydrogens is 228 g/mol. The molecule has 15 heavy (non-hydrogen) atoms. The maximum Gasteiger partial charge on any atom is 0.153 e. The van der Waals surface area contributed by atoms with Crippen molar-refractivity contribution < 1.29 is 5.11 Å². The summed E-state index contributed by atoms with van der Waals surface area (Å²) >= 11 is 3.10. The van der Waals surface area contributed by atoms with E-state index in [-0.39, 0.29) is 5.75 Å². The Morgan fingerprint density at radius 1 is 1.20 bits per heavy atom. The van der Waals surface area contributed by atoms with E-state index in [4.69, 9.17) is 0 Å². The summed E-state index contributed by atoms with van der Waals surface area (Å²) in [7, 11) is 0. The normalized spacial score (nSPS) is 10.9. The number of aromatic hydroxyl groups is 1. The SMILES string of the molecule is Oc1cccc2sc(-c3nccs3)nc12. The van der Waals surface area contributed by atoms with Crippen molar-refractivity contribution in [2.75, 3.05) is 0 Å². The predicted molar refractivity (Wildman–Crippen MR) is 62.4 cm³/mol. The third kappa shape index (κ3) is 1.40. The summed E-state index contributed by atoms with van der Waals surface area (Å²) in [6, 6.07) is 5.42. The van der Waals surface area contributed by atoms with Crippen molar-refractivity contribution in [2.45, 2.75) is 0 Å². The highest BCUT2D eigenvalue weighted by molar-refractivity contribution is 7.25. The molecule has 0 aliphatic carbocycles. The lowest BCUT2D eigenvalue weighted by Crippen LogP contribution is -1.72. The minimum absolute atomic E-state index is 0.228. The van der Waals surface area contributed by atoms with Crippen LogP contribution in [0.4, 0.5) is 0 Å². The Hall–Kier alpha value is -1.46. The molecule has 1 aromatic carbocycles. The highest BCUT2D eigenvalue weighted by Crippen LogP contribution is 2.34. The van der Waals surface area contributed by atoms with E-state index in [1.165, 1.54) is 0 Å². The van der Waals surface area contributed by atoms with Crippen LogP contribution in [0, 0.1) is 0 Å². The molecule has 3 rings (SSSR count). The molecule has 0 bridgehead atoms. The fourth-order valence-electron chi connectivity index (χ4n) is 1.35. The van der Waals surface area contributed by atoms with Gasteiger partial charge >= 0.3 is 0 Å². The van der Waals surface area contributed by atoms with Gasteiger partial charge in [0.2, 0.25) is 0 Å². The number of aromatic nitrogens is 2. The molecule has 0 spiro atoms. The molecule has 2 aromatic heterocycles. The average Bonchev–Trinajstić information content (AvgIpc) is 2.86. The van der Waals surface area contributed by atoms with E-state index in [0.717, 1.165) is 14.7 Å². The first-order valence-electron chi connectivity index (χ1n) is 4.33. The van der Waals surface area contributed by atoms with Crippen LogP contribution in [0.2, 0.25) is 0 Å². The van der Waals surface area contributed by atoms with E-state index in [9.17, 15) is 5.11 Å². The standard InChI is InChI=1S/C10H6N2OS2/c13-6-2-1-3-7-8(6)12-10(15-7)9-11-4-5-14-9/h1-5,13H. The van der Waals surface area contributed by atoms with Crippen molar-refractivity contribution in [3.05, 3.63) is 29.8 Å². The Labute approximate surface area is 93.7 Å². The van der Waals surface area contributed by atoms with Crippen LogP contribution in [0.25, 0.3) is 20.2 Å². The Morgan fingerprint density at radius 2 is 2.13 bits per heavy atom. The van der Waals surface area contributed by atoms with Crippen molar-refractivity contribution in [1.29, 1.82) is 0 Å². The van der Waals surface area contributed by atoms with Gasteiger partial charge in [-0.3, -0.25) is 0 Å². The number of hydrogen-bond donors (Lipinski definition) is 1. The Bertz CT molecular complexity index is 601. The molecule has 0 aliphatic heterocycles. The van der Waals surface area contributed by atoms with Crippen molar-refractivity contribution in [3.8, 4) is 15.8 Å². The summed E-state index contributed by atoms with van der Waals surface area (Å²) < 4.78 is 0.986. The van der Waals surface area contributed by atoms with E-state index < -0.39 is 0 Å². The number of nitrogens with zero attached hydrogens (tertiary/aromatic N) is 2. The molecule has 0 atom stereocenters. The zero-order valence-corrected chi connectivity index (χ0v) is 9.18. The molecule has 0 amide bonds. The van der Waals surface area contributed by atoms with Crippen molar-refractivity contribution >= 4 is 32.9 Å². The van der Waals surface area contributed by atoms with Gasteiger partial charge in [-0.25, -0.2) is 9.97 Å². The maximum atomic E-state index is 9.61. The molecule has 0 radical (unpaired) electrons. The molecule has 0 saturated heterocycles. The van der Waals surface area contributed by atoms with Crippen LogP contribution in [-0.4, -0.2) is 15.1 Å². The van der Waals surface area contributed by atoms with Gasteiger partial charge < -0.3 is 5.11 Å². The second kappa shape index (κ2) is 3.29. The first-order valence-corrected chi connectivity index (χ1v) is 6.02. The van der Waals surface area contributed by atoms with E-state index >= 15 is 0 Å². The summed E-state index contributed by atoms with van der Waals surface area (Å²) in [6.45, 7) is 0. The van der Waals surface area contributed by atoms with Gasteiger partial charge in [0.25, 0.3) is 0 Å². The maximum absolute atomic E-state index is 9.61. The van der Waals surface area contributed by atoms with Crippen LogP contribution in [0.3, 0.4) is 0 Å². The highest BCUT2D eigenvalue weighted by atomic mass is 32.1. The lowest BCUT2D eigenvalue weighted by Gasteiger charge is -1.89. The van der Waals surface area contributed by atoms with Gasteiger partial charge in [0, 0.05) is 11.6 Å². The number of fused-ring (bicyclic) bond motifs is 1. The van der Waals surface area contributed by atoms with Gasteiger partial charge in [0.05, 0.1) is 4.70 Å². The number of benzene rings is 1. The van der Waals surface area contributed by atoms with Crippen LogP contribution >= 0.6 is 22.7 Å². The Balaban J connectivity index is 2.27. The van der Waals surface area contributed by atoms with Gasteiger partial charge in [-0.1, -0.05) is 6.07 Å². The topological polar surface area (TPSA) is 46.0 Å². The Kier molecular flexibility index (Phi) is 1.93. The summed E-state index contributed by atoms with van der Waals surface area (Å²) in [6.07, 6.45) is 1.76. The van der Waals surface area contributed by atoms with E-state index in [0.29, 0.717) is 5.52 Å². The molecule has 0 aliphatic rings. The number of phenolic OH excluding ortho intramolecular Hbond substituents is 1. The molecule has 3 nitrogen and oxygen atoms in total. The molecular formula is C10H6N2OS2. The molecule has 74 valence electrons. The third-order valence-corrected chi connectivity index (χ3v) is 3.95. The van der Waals surface area contributed by atoms with Gasteiger partial charge in [-0.2, -0.15) is 0 Å². The smallest absolute Gasteiger partial charge is 0.153 e. The lowest BCUT2D eigenvalue weighted by molar-refractivity contribution is 0.480. The molecule has 3 aromatic rings. The lowest BCUT2D eigenvalue weighted by atomic mass is 10.3. The minimum atomic E-state index is 0.228. The van der Waals surface area contributed by atoms with Crippen LogP contribution in [0.5, 0.6) is 5.75 Å².